The number of halogens is 2. The smallest absolute Gasteiger partial charge is 0.221 e. The number of benzene rings is 1. The molecule has 0 bridgehead atoms. The van der Waals surface area contributed by atoms with E-state index in [1.54, 1.807) is 6.07 Å². The van der Waals surface area contributed by atoms with Crippen molar-refractivity contribution in [2.45, 2.75) is 32.7 Å². The summed E-state index contributed by atoms with van der Waals surface area (Å²) in [5.41, 5.74) is 0.750. The number of carbonyl (C=O) groups is 1. The first-order chi connectivity index (χ1) is 8.54. The number of anilines is 1. The maximum atomic E-state index is 11.5. The lowest BCUT2D eigenvalue weighted by Gasteiger charge is -2.12. The molecule has 1 amide bonds. The highest BCUT2D eigenvalue weighted by atomic mass is 35.5. The van der Waals surface area contributed by atoms with Crippen LogP contribution >= 0.6 is 23.2 Å². The van der Waals surface area contributed by atoms with Gasteiger partial charge in [-0.15, -0.1) is 0 Å². The van der Waals surface area contributed by atoms with E-state index in [-0.39, 0.29) is 11.9 Å². The second kappa shape index (κ2) is 7.49. The van der Waals surface area contributed by atoms with Crippen LogP contribution in [0.2, 0.25) is 10.0 Å². The molecule has 1 aromatic rings. The lowest BCUT2D eigenvalue weighted by molar-refractivity contribution is -0.121. The molecule has 0 aliphatic heterocycles. The van der Waals surface area contributed by atoms with E-state index in [1.807, 2.05) is 26.0 Å². The molecule has 100 valence electrons. The fourth-order valence-corrected chi connectivity index (χ4v) is 1.77. The second-order valence-corrected chi connectivity index (χ2v) is 4.94. The van der Waals surface area contributed by atoms with Crippen LogP contribution in [0.4, 0.5) is 5.69 Å². The quantitative estimate of drug-likeness (QED) is 0.838. The second-order valence-electron chi connectivity index (χ2n) is 4.15. The van der Waals surface area contributed by atoms with Gasteiger partial charge in [-0.2, -0.15) is 0 Å². The highest BCUT2D eigenvalue weighted by molar-refractivity contribution is 6.43. The molecule has 0 heterocycles. The molecule has 0 saturated heterocycles. The number of hydrogen-bond donors (Lipinski definition) is 2. The maximum absolute atomic E-state index is 11.5. The first kappa shape index (κ1) is 15.1. The Labute approximate surface area is 118 Å². The predicted molar refractivity (Wildman–Crippen MR) is 77.5 cm³/mol. The summed E-state index contributed by atoms with van der Waals surface area (Å²) >= 11 is 11.9. The lowest BCUT2D eigenvalue weighted by atomic mass is 10.2. The number of amides is 1. The zero-order chi connectivity index (χ0) is 13.5. The normalized spacial score (nSPS) is 12.0. The first-order valence-corrected chi connectivity index (χ1v) is 6.77. The first-order valence-electron chi connectivity index (χ1n) is 6.01. The van der Waals surface area contributed by atoms with E-state index < -0.39 is 0 Å². The Morgan fingerprint density at radius 2 is 2.11 bits per heavy atom. The van der Waals surface area contributed by atoms with E-state index >= 15 is 0 Å². The molecule has 0 spiro atoms. The van der Waals surface area contributed by atoms with Crippen LogP contribution in [0.3, 0.4) is 0 Å². The number of nitrogens with one attached hydrogen (secondary N) is 2. The predicted octanol–water partition coefficient (Wildman–Crippen LogP) is 3.71. The topological polar surface area (TPSA) is 41.1 Å². The highest BCUT2D eigenvalue weighted by Crippen LogP contribution is 2.29. The maximum Gasteiger partial charge on any atom is 0.221 e. The third-order valence-corrected chi connectivity index (χ3v) is 3.46. The van der Waals surface area contributed by atoms with Crippen molar-refractivity contribution >= 4 is 34.8 Å². The zero-order valence-corrected chi connectivity index (χ0v) is 12.1. The molecule has 5 heteroatoms. The van der Waals surface area contributed by atoms with E-state index in [1.165, 1.54) is 0 Å². The summed E-state index contributed by atoms with van der Waals surface area (Å²) in [6.45, 7) is 4.55. The summed E-state index contributed by atoms with van der Waals surface area (Å²) in [4.78, 5) is 11.5. The van der Waals surface area contributed by atoms with Crippen molar-refractivity contribution in [1.29, 1.82) is 0 Å². The van der Waals surface area contributed by atoms with Gasteiger partial charge in [-0.3, -0.25) is 4.79 Å². The van der Waals surface area contributed by atoms with Crippen LogP contribution in [0.15, 0.2) is 18.2 Å². The molecule has 1 atom stereocenters. The molecule has 0 aliphatic carbocycles. The Hall–Kier alpha value is -0.930. The highest BCUT2D eigenvalue weighted by Gasteiger charge is 2.06. The monoisotopic (exact) mass is 288 g/mol. The van der Waals surface area contributed by atoms with Crippen molar-refractivity contribution in [3.05, 3.63) is 28.2 Å². The minimum Gasteiger partial charge on any atom is -0.383 e. The average molecular weight is 289 g/mol. The van der Waals surface area contributed by atoms with Crippen LogP contribution < -0.4 is 10.6 Å². The lowest BCUT2D eigenvalue weighted by Crippen LogP contribution is -2.32. The molecule has 1 unspecified atom stereocenters. The summed E-state index contributed by atoms with van der Waals surface area (Å²) < 4.78 is 0. The third kappa shape index (κ3) is 4.75. The van der Waals surface area contributed by atoms with Crippen LogP contribution in [0.1, 0.15) is 26.7 Å². The number of carbonyl (C=O) groups excluding carboxylic acids is 1. The largest absolute Gasteiger partial charge is 0.383 e. The van der Waals surface area contributed by atoms with Crippen molar-refractivity contribution < 1.29 is 4.79 Å². The van der Waals surface area contributed by atoms with E-state index in [4.69, 9.17) is 23.2 Å². The molecule has 18 heavy (non-hydrogen) atoms. The Balaban J connectivity index is 2.38. The van der Waals surface area contributed by atoms with Gasteiger partial charge in [0.2, 0.25) is 5.91 Å². The van der Waals surface area contributed by atoms with Crippen LogP contribution in [0.25, 0.3) is 0 Å². The Kier molecular flexibility index (Phi) is 6.30. The van der Waals surface area contributed by atoms with Gasteiger partial charge in [-0.05, 0) is 25.5 Å². The van der Waals surface area contributed by atoms with Gasteiger partial charge < -0.3 is 10.6 Å². The molecule has 1 aromatic carbocycles. The van der Waals surface area contributed by atoms with Gasteiger partial charge in [0.05, 0.1) is 15.7 Å². The SMILES string of the molecule is CCC(C)NC(=O)CCNc1cccc(Cl)c1Cl. The molecule has 1 rings (SSSR count). The van der Waals surface area contributed by atoms with Crippen molar-refractivity contribution in [1.82, 2.24) is 5.32 Å². The number of rotatable bonds is 6. The van der Waals surface area contributed by atoms with Gasteiger partial charge in [-0.1, -0.05) is 36.2 Å². The van der Waals surface area contributed by atoms with Gasteiger partial charge in [0, 0.05) is 19.0 Å². The summed E-state index contributed by atoms with van der Waals surface area (Å²) in [5, 5.41) is 7.00. The summed E-state index contributed by atoms with van der Waals surface area (Å²) in [6.07, 6.45) is 1.34. The van der Waals surface area contributed by atoms with Crippen molar-refractivity contribution in [2.75, 3.05) is 11.9 Å². The van der Waals surface area contributed by atoms with Crippen molar-refractivity contribution in [3.8, 4) is 0 Å². The summed E-state index contributed by atoms with van der Waals surface area (Å²) in [7, 11) is 0. The fourth-order valence-electron chi connectivity index (χ4n) is 1.40. The standard InChI is InChI=1S/C13H18Cl2N2O/c1-3-9(2)17-12(18)7-8-16-11-6-4-5-10(14)13(11)15/h4-6,9,16H,3,7-8H2,1-2H3,(H,17,18). The Morgan fingerprint density at radius 1 is 1.39 bits per heavy atom. The molecule has 3 nitrogen and oxygen atoms in total. The molecule has 0 aromatic heterocycles. The minimum atomic E-state index is 0.0370. The van der Waals surface area contributed by atoms with Crippen LogP contribution in [0, 0.1) is 0 Å². The molecule has 0 fully saturated rings. The van der Waals surface area contributed by atoms with Gasteiger partial charge in [0.15, 0.2) is 0 Å². The fraction of sp³-hybridized carbons (Fsp3) is 0.462. The Bertz CT molecular complexity index is 410. The Morgan fingerprint density at radius 3 is 2.78 bits per heavy atom. The van der Waals surface area contributed by atoms with Crippen LogP contribution in [0.5, 0.6) is 0 Å². The van der Waals surface area contributed by atoms with Gasteiger partial charge >= 0.3 is 0 Å². The van der Waals surface area contributed by atoms with Crippen LogP contribution in [-0.4, -0.2) is 18.5 Å². The van der Waals surface area contributed by atoms with E-state index in [9.17, 15) is 4.79 Å². The van der Waals surface area contributed by atoms with Gasteiger partial charge in [0.25, 0.3) is 0 Å². The van der Waals surface area contributed by atoms with Crippen molar-refractivity contribution in [2.24, 2.45) is 0 Å². The van der Waals surface area contributed by atoms with Crippen molar-refractivity contribution in [3.63, 3.8) is 0 Å². The van der Waals surface area contributed by atoms with Gasteiger partial charge in [0.1, 0.15) is 0 Å². The molecule has 0 saturated carbocycles. The zero-order valence-electron chi connectivity index (χ0n) is 10.6. The molecular weight excluding hydrogens is 271 g/mol. The average Bonchev–Trinajstić information content (AvgIpc) is 2.34. The van der Waals surface area contributed by atoms with E-state index in [2.05, 4.69) is 10.6 Å². The molecule has 0 radical (unpaired) electrons. The minimum absolute atomic E-state index is 0.0370. The van der Waals surface area contributed by atoms with E-state index in [0.717, 1.165) is 12.1 Å². The summed E-state index contributed by atoms with van der Waals surface area (Å²) in [5.74, 6) is 0.0370. The molecule has 0 aliphatic rings. The van der Waals surface area contributed by atoms with Gasteiger partial charge in [-0.25, -0.2) is 0 Å². The number of hydrogen-bond acceptors (Lipinski definition) is 2. The third-order valence-electron chi connectivity index (χ3n) is 2.64. The molecular formula is C13H18Cl2N2O. The van der Waals surface area contributed by atoms with E-state index in [0.29, 0.717) is 23.0 Å². The summed E-state index contributed by atoms with van der Waals surface area (Å²) in [6, 6.07) is 5.59. The molecule has 2 N–H and O–H groups in total. The van der Waals surface area contributed by atoms with Crippen LogP contribution in [-0.2, 0) is 4.79 Å².